The van der Waals surface area contributed by atoms with Crippen LogP contribution < -0.4 is 11.1 Å². The molecule has 0 aliphatic heterocycles. The van der Waals surface area contributed by atoms with Gasteiger partial charge in [0.2, 0.25) is 0 Å². The smallest absolute Gasteiger partial charge is 0.250 e. The lowest BCUT2D eigenvalue weighted by molar-refractivity contribution is -0.112. The van der Waals surface area contributed by atoms with Gasteiger partial charge in [0.05, 0.1) is 23.8 Å². The van der Waals surface area contributed by atoms with Crippen LogP contribution in [0.3, 0.4) is 0 Å². The molecule has 2 aromatic heterocycles. The molecule has 1 fully saturated rings. The van der Waals surface area contributed by atoms with Crippen molar-refractivity contribution in [2.45, 2.75) is 45.3 Å². The van der Waals surface area contributed by atoms with E-state index >= 15 is 0 Å². The van der Waals surface area contributed by atoms with Gasteiger partial charge in [-0.25, -0.2) is 9.97 Å². The van der Waals surface area contributed by atoms with Gasteiger partial charge in [-0.1, -0.05) is 55.8 Å². The molecule has 0 atom stereocenters. The number of carbonyl (C=O) groups excluding carboxylic acids is 1. The first kappa shape index (κ1) is 23.8. The number of benzene rings is 2. The fourth-order valence-corrected chi connectivity index (χ4v) is 4.88. The quantitative estimate of drug-likeness (QED) is 0.323. The number of carbonyl (C=O) groups is 1. The molecule has 0 radical (unpaired) electrons. The van der Waals surface area contributed by atoms with Gasteiger partial charge in [-0.2, -0.15) is 0 Å². The summed E-state index contributed by atoms with van der Waals surface area (Å²) in [5.74, 6) is 0.240. The Morgan fingerprint density at radius 3 is 2.42 bits per heavy atom. The molecular formula is C29H31N5O2. The van der Waals surface area contributed by atoms with Crippen LogP contribution in [0.4, 0.5) is 11.5 Å². The van der Waals surface area contributed by atoms with E-state index in [-0.39, 0.29) is 5.91 Å². The summed E-state index contributed by atoms with van der Waals surface area (Å²) >= 11 is 0. The fourth-order valence-electron chi connectivity index (χ4n) is 4.88. The van der Waals surface area contributed by atoms with Crippen LogP contribution in [-0.2, 0) is 23.2 Å². The first-order valence-corrected chi connectivity index (χ1v) is 12.3. The maximum atomic E-state index is 12.0. The Bertz CT molecular complexity index is 1420. The van der Waals surface area contributed by atoms with E-state index in [9.17, 15) is 4.79 Å². The van der Waals surface area contributed by atoms with E-state index in [1.165, 1.54) is 19.2 Å². The third-order valence-electron chi connectivity index (χ3n) is 6.83. The van der Waals surface area contributed by atoms with Gasteiger partial charge in [0.15, 0.2) is 0 Å². The maximum Gasteiger partial charge on any atom is 0.250 e. The molecule has 184 valence electrons. The number of ether oxygens (including phenoxy) is 1. The molecule has 2 aromatic carbocycles. The highest BCUT2D eigenvalue weighted by molar-refractivity contribution is 6.08. The third-order valence-corrected chi connectivity index (χ3v) is 6.83. The fraction of sp³-hybridized carbons (Fsp3) is 0.276. The summed E-state index contributed by atoms with van der Waals surface area (Å²) < 4.78 is 8.14. The summed E-state index contributed by atoms with van der Waals surface area (Å²) in [5.41, 5.74) is 13.4. The molecule has 1 saturated carbocycles. The normalized spacial score (nSPS) is 13.8. The summed E-state index contributed by atoms with van der Waals surface area (Å²) in [5, 5.41) is 3.68. The van der Waals surface area contributed by atoms with Gasteiger partial charge < -0.3 is 20.4 Å². The number of aryl methyl sites for hydroxylation is 1. The zero-order chi connectivity index (χ0) is 25.2. The number of amides is 1. The number of nitrogens with zero attached hydrogens (tertiary/aromatic N) is 3. The summed E-state index contributed by atoms with van der Waals surface area (Å²) in [6.07, 6.45) is 6.72. The zero-order valence-electron chi connectivity index (χ0n) is 20.8. The molecule has 0 spiro atoms. The number of hydrogen-bond donors (Lipinski definition) is 2. The number of nitrogens with one attached hydrogen (secondary N) is 1. The molecule has 4 aromatic rings. The van der Waals surface area contributed by atoms with Gasteiger partial charge in [0, 0.05) is 23.9 Å². The first-order chi connectivity index (χ1) is 17.4. The zero-order valence-corrected chi connectivity index (χ0v) is 20.8. The number of anilines is 2. The molecule has 1 aliphatic rings. The van der Waals surface area contributed by atoms with E-state index in [0.717, 1.165) is 51.8 Å². The van der Waals surface area contributed by atoms with Crippen molar-refractivity contribution in [1.29, 1.82) is 0 Å². The second-order valence-electron chi connectivity index (χ2n) is 9.47. The monoisotopic (exact) mass is 481 g/mol. The molecule has 0 unspecified atom stereocenters. The van der Waals surface area contributed by atoms with Crippen LogP contribution in [0, 0.1) is 0 Å². The van der Waals surface area contributed by atoms with Crippen molar-refractivity contribution in [3.8, 4) is 22.4 Å². The molecule has 2 heterocycles. The van der Waals surface area contributed by atoms with Gasteiger partial charge in [-0.05, 0) is 48.6 Å². The minimum Gasteiger partial charge on any atom is -0.383 e. The summed E-state index contributed by atoms with van der Waals surface area (Å²) in [4.78, 5) is 20.8. The maximum absolute atomic E-state index is 12.0. The van der Waals surface area contributed by atoms with E-state index < -0.39 is 0 Å². The molecular weight excluding hydrogens is 450 g/mol. The Hall–Kier alpha value is -3.97. The average Bonchev–Trinajstić information content (AvgIpc) is 3.51. The van der Waals surface area contributed by atoms with Crippen molar-refractivity contribution in [2.75, 3.05) is 11.1 Å². The topological polar surface area (TPSA) is 95.1 Å². The Kier molecular flexibility index (Phi) is 6.57. The lowest BCUT2D eigenvalue weighted by atomic mass is 9.98. The van der Waals surface area contributed by atoms with E-state index in [4.69, 9.17) is 10.5 Å². The summed E-state index contributed by atoms with van der Waals surface area (Å²) in [7, 11) is 1.98. The van der Waals surface area contributed by atoms with Crippen molar-refractivity contribution in [3.05, 3.63) is 72.6 Å². The van der Waals surface area contributed by atoms with E-state index in [2.05, 4.69) is 46.1 Å². The van der Waals surface area contributed by atoms with Crippen molar-refractivity contribution in [3.63, 3.8) is 0 Å². The Balaban J connectivity index is 1.52. The lowest BCUT2D eigenvalue weighted by Gasteiger charge is -2.13. The predicted octanol–water partition coefficient (Wildman–Crippen LogP) is 5.86. The van der Waals surface area contributed by atoms with Crippen LogP contribution in [0.2, 0.25) is 0 Å². The van der Waals surface area contributed by atoms with Gasteiger partial charge in [0.25, 0.3) is 5.91 Å². The van der Waals surface area contributed by atoms with Crippen molar-refractivity contribution in [1.82, 2.24) is 14.5 Å². The molecule has 1 amide bonds. The van der Waals surface area contributed by atoms with Crippen LogP contribution >= 0.6 is 0 Å². The van der Waals surface area contributed by atoms with Crippen LogP contribution in [0.1, 0.15) is 38.2 Å². The van der Waals surface area contributed by atoms with Crippen LogP contribution in [0.15, 0.2) is 67.0 Å². The molecule has 0 saturated heterocycles. The van der Waals surface area contributed by atoms with Gasteiger partial charge >= 0.3 is 0 Å². The Morgan fingerprint density at radius 1 is 1.08 bits per heavy atom. The number of nitrogen functional groups attached to an aromatic ring is 1. The number of fused-ring (bicyclic) bond motifs is 1. The molecule has 1 aliphatic carbocycles. The summed E-state index contributed by atoms with van der Waals surface area (Å²) in [6.45, 7) is 6.00. The average molecular weight is 482 g/mol. The third kappa shape index (κ3) is 4.62. The Morgan fingerprint density at radius 2 is 1.75 bits per heavy atom. The van der Waals surface area contributed by atoms with Crippen molar-refractivity contribution < 1.29 is 9.53 Å². The van der Waals surface area contributed by atoms with Crippen LogP contribution in [0.5, 0.6) is 0 Å². The standard InChI is InChI=1S/C29H31N5O2/c1-18(2)29(35)33-22-14-12-21(13-15-22)26-24(25-27(30)31-17-32-28(25)34(26)3)20-10-8-19(9-11-20)16-36-23-6-4-5-7-23/h8-15,17,23H,1,4-7,16H2,2-3H3,(H,33,35)(H2,30,31,32). The minimum atomic E-state index is -0.201. The van der Waals surface area contributed by atoms with E-state index in [1.54, 1.807) is 6.92 Å². The molecule has 7 nitrogen and oxygen atoms in total. The van der Waals surface area contributed by atoms with E-state index in [0.29, 0.717) is 29.8 Å². The molecule has 36 heavy (non-hydrogen) atoms. The van der Waals surface area contributed by atoms with Crippen LogP contribution in [0.25, 0.3) is 33.4 Å². The largest absolute Gasteiger partial charge is 0.383 e. The Labute approximate surface area is 211 Å². The second-order valence-corrected chi connectivity index (χ2v) is 9.47. The van der Waals surface area contributed by atoms with Gasteiger partial charge in [0.1, 0.15) is 17.8 Å². The molecule has 7 heteroatoms. The van der Waals surface area contributed by atoms with Crippen molar-refractivity contribution in [2.24, 2.45) is 7.05 Å². The van der Waals surface area contributed by atoms with E-state index in [1.807, 2.05) is 35.9 Å². The number of hydrogen-bond acceptors (Lipinski definition) is 5. The molecule has 0 bridgehead atoms. The van der Waals surface area contributed by atoms with Gasteiger partial charge in [-0.15, -0.1) is 0 Å². The SMILES string of the molecule is C=C(C)C(=O)Nc1ccc(-c2c(-c3ccc(COC4CCCC4)cc3)c3c(N)ncnc3n2C)cc1. The highest BCUT2D eigenvalue weighted by Gasteiger charge is 2.22. The number of rotatable bonds is 7. The van der Waals surface area contributed by atoms with Crippen LogP contribution in [-0.4, -0.2) is 26.5 Å². The molecule has 3 N–H and O–H groups in total. The highest BCUT2D eigenvalue weighted by atomic mass is 16.5. The molecule has 5 rings (SSSR count). The number of aromatic nitrogens is 3. The second kappa shape index (κ2) is 9.95. The first-order valence-electron chi connectivity index (χ1n) is 12.3. The van der Waals surface area contributed by atoms with Gasteiger partial charge in [-0.3, -0.25) is 4.79 Å². The highest BCUT2D eigenvalue weighted by Crippen LogP contribution is 2.41. The summed E-state index contributed by atoms with van der Waals surface area (Å²) in [6, 6.07) is 16.2. The minimum absolute atomic E-state index is 0.201. The lowest BCUT2D eigenvalue weighted by Crippen LogP contribution is -2.11. The van der Waals surface area contributed by atoms with Crippen molar-refractivity contribution >= 4 is 28.4 Å². The predicted molar refractivity (Wildman–Crippen MR) is 144 cm³/mol. The number of nitrogens with two attached hydrogens (primary N) is 1.